The fourth-order valence-electron chi connectivity index (χ4n) is 5.05. The molecule has 0 atom stereocenters. The van der Waals surface area contributed by atoms with Gasteiger partial charge in [0.2, 0.25) is 16.0 Å². The molecule has 1 saturated heterocycles. The molecule has 1 aliphatic carbocycles. The van der Waals surface area contributed by atoms with E-state index < -0.39 is 10.0 Å². The Morgan fingerprint density at radius 1 is 1.06 bits per heavy atom. The van der Waals surface area contributed by atoms with E-state index in [-0.39, 0.29) is 0 Å². The number of anilines is 3. The molecule has 0 bridgehead atoms. The molecule has 36 heavy (non-hydrogen) atoms. The maximum atomic E-state index is 12.5. The zero-order valence-electron chi connectivity index (χ0n) is 20.8. The van der Waals surface area contributed by atoms with Crippen LogP contribution in [0.4, 0.5) is 17.3 Å². The molecule has 1 aliphatic heterocycles. The third kappa shape index (κ3) is 5.96. The first-order valence-corrected chi connectivity index (χ1v) is 14.7. The van der Waals surface area contributed by atoms with Crippen molar-refractivity contribution in [2.24, 2.45) is 0 Å². The molecule has 1 aromatic carbocycles. The van der Waals surface area contributed by atoms with E-state index in [1.54, 1.807) is 6.20 Å². The van der Waals surface area contributed by atoms with Crippen LogP contribution in [-0.4, -0.2) is 78.7 Å². The van der Waals surface area contributed by atoms with E-state index in [1.807, 2.05) is 30.5 Å². The van der Waals surface area contributed by atoms with E-state index in [1.165, 1.54) is 36.2 Å². The quantitative estimate of drug-likeness (QED) is 0.456. The van der Waals surface area contributed by atoms with Crippen LogP contribution in [0.2, 0.25) is 0 Å². The van der Waals surface area contributed by atoms with Crippen molar-refractivity contribution < 1.29 is 13.2 Å². The smallest absolute Gasteiger partial charge is 0.232 e. The largest absolute Gasteiger partial charge is 0.379 e. The van der Waals surface area contributed by atoms with E-state index in [2.05, 4.69) is 25.0 Å². The fourth-order valence-corrected chi connectivity index (χ4v) is 5.97. The lowest BCUT2D eigenvalue weighted by Crippen LogP contribution is -2.43. The summed E-state index contributed by atoms with van der Waals surface area (Å²) in [5.74, 6) is 0.498. The van der Waals surface area contributed by atoms with Crippen molar-refractivity contribution in [3.8, 4) is 0 Å². The summed E-state index contributed by atoms with van der Waals surface area (Å²) >= 11 is 0. The Balaban J connectivity index is 1.29. The lowest BCUT2D eigenvalue weighted by Gasteiger charge is -2.30. The second kappa shape index (κ2) is 11.1. The van der Waals surface area contributed by atoms with Gasteiger partial charge in [0.1, 0.15) is 0 Å². The van der Waals surface area contributed by atoms with Crippen molar-refractivity contribution >= 4 is 38.4 Å². The molecule has 0 amide bonds. The second-order valence-electron chi connectivity index (χ2n) is 9.67. The van der Waals surface area contributed by atoms with Gasteiger partial charge in [-0.25, -0.2) is 18.1 Å². The Hall–Kier alpha value is -2.76. The number of benzene rings is 1. The highest BCUT2D eigenvalue weighted by Gasteiger charge is 2.21. The number of nitrogens with zero attached hydrogens (tertiary/aromatic N) is 6. The molecule has 1 N–H and O–H groups in total. The zero-order valence-corrected chi connectivity index (χ0v) is 21.7. The maximum absolute atomic E-state index is 12.5. The average Bonchev–Trinajstić information content (AvgIpc) is 3.10. The van der Waals surface area contributed by atoms with Gasteiger partial charge in [-0.15, -0.1) is 0 Å². The van der Waals surface area contributed by atoms with Crippen molar-refractivity contribution in [1.82, 2.24) is 24.6 Å². The molecule has 1 saturated carbocycles. The monoisotopic (exact) mass is 513 g/mol. The van der Waals surface area contributed by atoms with Gasteiger partial charge in [0, 0.05) is 38.1 Å². The number of rotatable bonds is 8. The highest BCUT2D eigenvalue weighted by atomic mass is 32.2. The molecule has 3 heterocycles. The molecule has 10 nitrogen and oxygen atoms in total. The molecule has 2 aromatic heterocycles. The molecular weight excluding hydrogens is 478 g/mol. The standard InChI is InChI=1S/C25H35N7O3S/c1-36(33,34)31(13-12-30-14-16-35-17-15-30)22-10-8-21(9-11-22)28-25-26-18-20-19-27-32(24(20)29-25)23-6-4-2-3-5-7-23/h8-11,18-19,23H,2-7,12-17H2,1H3,(H,26,28,29). The van der Waals surface area contributed by atoms with E-state index in [4.69, 9.17) is 9.72 Å². The van der Waals surface area contributed by atoms with Crippen LogP contribution in [-0.2, 0) is 14.8 Å². The maximum Gasteiger partial charge on any atom is 0.232 e. The van der Waals surface area contributed by atoms with Crippen molar-refractivity contribution in [3.05, 3.63) is 36.7 Å². The Kier molecular flexibility index (Phi) is 7.68. The van der Waals surface area contributed by atoms with Crippen molar-refractivity contribution in [3.63, 3.8) is 0 Å². The number of fused-ring (bicyclic) bond motifs is 1. The van der Waals surface area contributed by atoms with Crippen molar-refractivity contribution in [1.29, 1.82) is 0 Å². The van der Waals surface area contributed by atoms with Crippen molar-refractivity contribution in [2.75, 3.05) is 55.3 Å². The minimum absolute atomic E-state index is 0.381. The fraction of sp³-hybridized carbons (Fsp3) is 0.560. The zero-order chi connectivity index (χ0) is 25.0. The minimum atomic E-state index is -3.41. The predicted molar refractivity (Wildman–Crippen MR) is 141 cm³/mol. The van der Waals surface area contributed by atoms with Crippen LogP contribution in [0.3, 0.4) is 0 Å². The van der Waals surface area contributed by atoms with Gasteiger partial charge in [-0.05, 0) is 37.1 Å². The first-order valence-electron chi connectivity index (χ1n) is 12.8. The van der Waals surface area contributed by atoms with Gasteiger partial charge >= 0.3 is 0 Å². The number of morpholine rings is 1. The molecule has 5 rings (SSSR count). The molecule has 3 aromatic rings. The summed E-state index contributed by atoms with van der Waals surface area (Å²) in [4.78, 5) is 11.5. The van der Waals surface area contributed by atoms with Gasteiger partial charge in [0.15, 0.2) is 5.65 Å². The molecule has 0 spiro atoms. The van der Waals surface area contributed by atoms with Crippen LogP contribution in [0.1, 0.15) is 44.6 Å². The molecular formula is C25H35N7O3S. The first kappa shape index (κ1) is 24.9. The van der Waals surface area contributed by atoms with Gasteiger partial charge in [-0.3, -0.25) is 9.21 Å². The number of hydrogen-bond acceptors (Lipinski definition) is 8. The molecule has 11 heteroatoms. The summed E-state index contributed by atoms with van der Waals surface area (Å²) in [5, 5.41) is 8.83. The lowest BCUT2D eigenvalue weighted by molar-refractivity contribution is 0.0395. The van der Waals surface area contributed by atoms with E-state index in [9.17, 15) is 8.42 Å². The Bertz CT molecular complexity index is 1250. The average molecular weight is 514 g/mol. The number of ether oxygens (including phenoxy) is 1. The highest BCUT2D eigenvalue weighted by molar-refractivity contribution is 7.92. The molecule has 0 unspecified atom stereocenters. The molecule has 2 aliphatic rings. The van der Waals surface area contributed by atoms with Crippen molar-refractivity contribution in [2.45, 2.75) is 44.6 Å². The SMILES string of the molecule is CS(=O)(=O)N(CCN1CCOCC1)c1ccc(Nc2ncc3cnn(C4CCCCCC4)c3n2)cc1. The summed E-state index contributed by atoms with van der Waals surface area (Å²) in [5.41, 5.74) is 2.28. The molecule has 194 valence electrons. The summed E-state index contributed by atoms with van der Waals surface area (Å²) in [7, 11) is -3.41. The number of hydrogen-bond donors (Lipinski definition) is 1. The van der Waals surface area contributed by atoms with Gasteiger partial charge in [-0.2, -0.15) is 10.1 Å². The van der Waals surface area contributed by atoms with Crippen LogP contribution >= 0.6 is 0 Å². The third-order valence-corrected chi connectivity index (χ3v) is 8.23. The Morgan fingerprint density at radius 2 is 1.78 bits per heavy atom. The summed E-state index contributed by atoms with van der Waals surface area (Å²) < 4.78 is 33.9. The number of nitrogens with one attached hydrogen (secondary N) is 1. The van der Waals surface area contributed by atoms with Crippen LogP contribution < -0.4 is 9.62 Å². The Morgan fingerprint density at radius 3 is 2.47 bits per heavy atom. The molecule has 0 radical (unpaired) electrons. The normalized spacial score (nSPS) is 18.2. The third-order valence-electron chi connectivity index (χ3n) is 7.04. The van der Waals surface area contributed by atoms with E-state index in [0.29, 0.717) is 44.0 Å². The van der Waals surface area contributed by atoms with Crippen LogP contribution in [0, 0.1) is 0 Å². The van der Waals surface area contributed by atoms with E-state index >= 15 is 0 Å². The summed E-state index contributed by atoms with van der Waals surface area (Å²) in [6.07, 6.45) is 12.2. The topological polar surface area (TPSA) is 105 Å². The van der Waals surface area contributed by atoms with Gasteiger partial charge in [-0.1, -0.05) is 25.7 Å². The van der Waals surface area contributed by atoms with Gasteiger partial charge in [0.05, 0.1) is 42.8 Å². The van der Waals surface area contributed by atoms with Crippen LogP contribution in [0.15, 0.2) is 36.7 Å². The van der Waals surface area contributed by atoms with E-state index in [0.717, 1.165) is 42.7 Å². The summed E-state index contributed by atoms with van der Waals surface area (Å²) in [6.45, 7) is 4.09. The first-order chi connectivity index (χ1) is 17.5. The number of sulfonamides is 1. The number of aromatic nitrogens is 4. The Labute approximate surface area is 212 Å². The molecule has 2 fully saturated rings. The predicted octanol–water partition coefficient (Wildman–Crippen LogP) is 3.56. The lowest BCUT2D eigenvalue weighted by atomic mass is 10.1. The highest BCUT2D eigenvalue weighted by Crippen LogP contribution is 2.29. The van der Waals surface area contributed by atoms with Crippen LogP contribution in [0.25, 0.3) is 11.0 Å². The van der Waals surface area contributed by atoms with Gasteiger partial charge < -0.3 is 10.1 Å². The van der Waals surface area contributed by atoms with Crippen LogP contribution in [0.5, 0.6) is 0 Å². The van der Waals surface area contributed by atoms with Gasteiger partial charge in [0.25, 0.3) is 0 Å². The summed E-state index contributed by atoms with van der Waals surface area (Å²) in [6, 6.07) is 7.73. The second-order valence-corrected chi connectivity index (χ2v) is 11.6. The minimum Gasteiger partial charge on any atom is -0.379 e.